The monoisotopic (exact) mass is 220 g/mol. The number of hydrogen-bond donors (Lipinski definition) is 2. The van der Waals surface area contributed by atoms with E-state index in [4.69, 9.17) is 4.74 Å². The van der Waals surface area contributed by atoms with Crippen LogP contribution in [-0.2, 0) is 4.74 Å². The smallest absolute Gasteiger partial charge is 0.361 e. The maximum absolute atomic E-state index is 11.6. The van der Waals surface area contributed by atoms with E-state index < -0.39 is 5.97 Å². The summed E-state index contributed by atoms with van der Waals surface area (Å²) in [6.45, 7) is 3.99. The van der Waals surface area contributed by atoms with Crippen molar-refractivity contribution >= 4 is 5.97 Å². The number of ether oxygens (including phenoxy) is 1. The van der Waals surface area contributed by atoms with Gasteiger partial charge in [-0.15, -0.1) is 5.10 Å². The van der Waals surface area contributed by atoms with Crippen molar-refractivity contribution in [1.29, 1.82) is 0 Å². The first-order valence-electron chi connectivity index (χ1n) is 4.95. The largest absolute Gasteiger partial charge is 0.461 e. The first-order valence-corrected chi connectivity index (χ1v) is 4.95. The van der Waals surface area contributed by atoms with Crippen molar-refractivity contribution in [2.75, 3.05) is 6.61 Å². The van der Waals surface area contributed by atoms with Crippen LogP contribution in [0.25, 0.3) is 11.3 Å². The standard InChI is InChI=1S/C10H12N4O2/c1-3-16-10(15)9-8(12-14-13-9)7-5-11-4-6(7)2/h4-5,11H,3H2,1-2H3,(H,12,13,14). The Bertz CT molecular complexity index is 500. The van der Waals surface area contributed by atoms with E-state index in [1.54, 1.807) is 13.1 Å². The van der Waals surface area contributed by atoms with Gasteiger partial charge in [0.2, 0.25) is 0 Å². The number of H-pyrrole nitrogens is 2. The Kier molecular flexibility index (Phi) is 2.72. The molecule has 84 valence electrons. The topological polar surface area (TPSA) is 83.7 Å². The Hall–Kier alpha value is -2.11. The summed E-state index contributed by atoms with van der Waals surface area (Å²) in [4.78, 5) is 14.5. The van der Waals surface area contributed by atoms with Crippen LogP contribution in [0.4, 0.5) is 0 Å². The third-order valence-electron chi connectivity index (χ3n) is 2.22. The molecule has 0 aliphatic heterocycles. The molecule has 16 heavy (non-hydrogen) atoms. The molecule has 0 aliphatic carbocycles. The molecular weight excluding hydrogens is 208 g/mol. The van der Waals surface area contributed by atoms with Gasteiger partial charge in [-0.25, -0.2) is 4.79 Å². The third-order valence-corrected chi connectivity index (χ3v) is 2.22. The van der Waals surface area contributed by atoms with Gasteiger partial charge in [0, 0.05) is 18.0 Å². The Morgan fingerprint density at radius 3 is 2.88 bits per heavy atom. The summed E-state index contributed by atoms with van der Waals surface area (Å²) in [6, 6.07) is 0. The molecule has 0 fully saturated rings. The highest BCUT2D eigenvalue weighted by molar-refractivity contribution is 5.94. The highest BCUT2D eigenvalue weighted by Crippen LogP contribution is 2.23. The van der Waals surface area contributed by atoms with Crippen LogP contribution in [0.3, 0.4) is 0 Å². The van der Waals surface area contributed by atoms with Gasteiger partial charge < -0.3 is 9.72 Å². The first-order chi connectivity index (χ1) is 7.74. The number of aromatic amines is 2. The molecule has 0 unspecified atom stereocenters. The summed E-state index contributed by atoms with van der Waals surface area (Å²) in [6.07, 6.45) is 3.61. The molecule has 0 saturated carbocycles. The summed E-state index contributed by atoms with van der Waals surface area (Å²) in [5.74, 6) is -0.466. The van der Waals surface area contributed by atoms with E-state index in [0.717, 1.165) is 11.1 Å². The Morgan fingerprint density at radius 2 is 2.25 bits per heavy atom. The number of carbonyl (C=O) groups excluding carboxylic acids is 1. The molecule has 0 radical (unpaired) electrons. The number of nitrogens with one attached hydrogen (secondary N) is 2. The molecule has 6 heteroatoms. The van der Waals surface area contributed by atoms with E-state index in [-0.39, 0.29) is 5.69 Å². The minimum atomic E-state index is -0.466. The molecule has 0 saturated heterocycles. The van der Waals surface area contributed by atoms with E-state index in [9.17, 15) is 4.79 Å². The van der Waals surface area contributed by atoms with Gasteiger partial charge in [-0.05, 0) is 19.4 Å². The van der Waals surface area contributed by atoms with Crippen LogP contribution in [0.15, 0.2) is 12.4 Å². The van der Waals surface area contributed by atoms with Crippen LogP contribution in [0.5, 0.6) is 0 Å². The van der Waals surface area contributed by atoms with Gasteiger partial charge in [-0.2, -0.15) is 10.3 Å². The van der Waals surface area contributed by atoms with Crippen LogP contribution in [0.2, 0.25) is 0 Å². The summed E-state index contributed by atoms with van der Waals surface area (Å²) in [7, 11) is 0. The molecule has 2 heterocycles. The van der Waals surface area contributed by atoms with E-state index in [1.807, 2.05) is 13.1 Å². The van der Waals surface area contributed by atoms with Crippen LogP contribution in [-0.4, -0.2) is 33.0 Å². The molecule has 2 rings (SSSR count). The molecule has 6 nitrogen and oxygen atoms in total. The van der Waals surface area contributed by atoms with E-state index in [1.165, 1.54) is 0 Å². The number of nitrogens with zero attached hydrogens (tertiary/aromatic N) is 2. The Labute approximate surface area is 92.0 Å². The zero-order valence-electron chi connectivity index (χ0n) is 9.07. The number of aromatic nitrogens is 4. The maximum atomic E-state index is 11.6. The molecule has 2 aromatic heterocycles. The van der Waals surface area contributed by atoms with Crippen molar-refractivity contribution in [1.82, 2.24) is 20.4 Å². The fraction of sp³-hybridized carbons (Fsp3) is 0.300. The molecule has 2 aromatic rings. The Balaban J connectivity index is 2.40. The van der Waals surface area contributed by atoms with Crippen LogP contribution in [0.1, 0.15) is 23.0 Å². The van der Waals surface area contributed by atoms with Gasteiger partial charge in [0.1, 0.15) is 5.69 Å². The van der Waals surface area contributed by atoms with E-state index in [0.29, 0.717) is 12.3 Å². The van der Waals surface area contributed by atoms with Crippen molar-refractivity contribution in [2.24, 2.45) is 0 Å². The zero-order chi connectivity index (χ0) is 11.5. The first kappa shape index (κ1) is 10.4. The average molecular weight is 220 g/mol. The molecule has 2 N–H and O–H groups in total. The maximum Gasteiger partial charge on any atom is 0.361 e. The lowest BCUT2D eigenvalue weighted by molar-refractivity contribution is 0.0520. The van der Waals surface area contributed by atoms with Gasteiger partial charge in [0.05, 0.1) is 6.61 Å². The molecule has 0 atom stereocenters. The normalized spacial score (nSPS) is 10.4. The fourth-order valence-corrected chi connectivity index (χ4v) is 1.46. The van der Waals surface area contributed by atoms with Crippen molar-refractivity contribution in [3.8, 4) is 11.3 Å². The third kappa shape index (κ3) is 1.69. The Morgan fingerprint density at radius 1 is 1.44 bits per heavy atom. The lowest BCUT2D eigenvalue weighted by Gasteiger charge is -1.99. The number of esters is 1. The van der Waals surface area contributed by atoms with Crippen molar-refractivity contribution in [3.63, 3.8) is 0 Å². The second-order valence-corrected chi connectivity index (χ2v) is 3.29. The highest BCUT2D eigenvalue weighted by atomic mass is 16.5. The molecule has 0 spiro atoms. The highest BCUT2D eigenvalue weighted by Gasteiger charge is 2.20. The van der Waals surface area contributed by atoms with Crippen LogP contribution in [0, 0.1) is 6.92 Å². The minimum absolute atomic E-state index is 0.213. The van der Waals surface area contributed by atoms with Gasteiger partial charge in [-0.1, -0.05) is 0 Å². The quantitative estimate of drug-likeness (QED) is 0.763. The van der Waals surface area contributed by atoms with Crippen molar-refractivity contribution in [3.05, 3.63) is 23.7 Å². The van der Waals surface area contributed by atoms with Crippen LogP contribution < -0.4 is 0 Å². The lowest BCUT2D eigenvalue weighted by Crippen LogP contribution is -2.06. The fourth-order valence-electron chi connectivity index (χ4n) is 1.46. The number of carbonyl (C=O) groups is 1. The molecular formula is C10H12N4O2. The van der Waals surface area contributed by atoms with Gasteiger partial charge in [0.15, 0.2) is 5.69 Å². The van der Waals surface area contributed by atoms with E-state index >= 15 is 0 Å². The zero-order valence-corrected chi connectivity index (χ0v) is 9.07. The van der Waals surface area contributed by atoms with Crippen molar-refractivity contribution < 1.29 is 9.53 Å². The van der Waals surface area contributed by atoms with Crippen molar-refractivity contribution in [2.45, 2.75) is 13.8 Å². The predicted molar refractivity (Wildman–Crippen MR) is 56.9 cm³/mol. The number of rotatable bonds is 3. The second kappa shape index (κ2) is 4.18. The van der Waals surface area contributed by atoms with Crippen LogP contribution >= 0.6 is 0 Å². The van der Waals surface area contributed by atoms with E-state index in [2.05, 4.69) is 20.4 Å². The molecule has 0 bridgehead atoms. The predicted octanol–water partition coefficient (Wildman–Crippen LogP) is 1.28. The summed E-state index contributed by atoms with van der Waals surface area (Å²) >= 11 is 0. The molecule has 0 aromatic carbocycles. The minimum Gasteiger partial charge on any atom is -0.461 e. The second-order valence-electron chi connectivity index (χ2n) is 3.29. The molecule has 0 amide bonds. The summed E-state index contributed by atoms with van der Waals surface area (Å²) < 4.78 is 4.89. The summed E-state index contributed by atoms with van der Waals surface area (Å²) in [5.41, 5.74) is 2.57. The lowest BCUT2D eigenvalue weighted by atomic mass is 10.1. The van der Waals surface area contributed by atoms with Gasteiger partial charge >= 0.3 is 5.97 Å². The number of aryl methyl sites for hydroxylation is 1. The molecule has 0 aliphatic rings. The van der Waals surface area contributed by atoms with Gasteiger partial charge in [-0.3, -0.25) is 0 Å². The SMILES string of the molecule is CCOC(=O)c1n[nH]nc1-c1c[nH]cc1C. The average Bonchev–Trinajstić information content (AvgIpc) is 2.85. The summed E-state index contributed by atoms with van der Waals surface area (Å²) in [5, 5.41) is 10.2. The number of hydrogen-bond acceptors (Lipinski definition) is 4. The van der Waals surface area contributed by atoms with Gasteiger partial charge in [0.25, 0.3) is 0 Å².